The van der Waals surface area contributed by atoms with Gasteiger partial charge in [-0.15, -0.1) is 5.10 Å². The summed E-state index contributed by atoms with van der Waals surface area (Å²) in [5.74, 6) is -4.60. The lowest BCUT2D eigenvalue weighted by Gasteiger charge is -2.49. The number of nitrogens with one attached hydrogen (secondary N) is 1. The van der Waals surface area contributed by atoms with Gasteiger partial charge in [0.05, 0.1) is 66.0 Å². The van der Waals surface area contributed by atoms with E-state index in [9.17, 15) is 45.0 Å². The van der Waals surface area contributed by atoms with E-state index < -0.39 is 126 Å². The number of ether oxygens (including phenoxy) is 6. The third-order valence-electron chi connectivity index (χ3n) is 16.8. The van der Waals surface area contributed by atoms with Crippen LogP contribution in [0.15, 0.2) is 53.6 Å². The molecule has 20 heteroatoms. The van der Waals surface area contributed by atoms with Gasteiger partial charge in [0.2, 0.25) is 5.56 Å². The van der Waals surface area contributed by atoms with Crippen molar-refractivity contribution in [1.29, 1.82) is 0 Å². The minimum absolute atomic E-state index is 0.0711. The van der Waals surface area contributed by atoms with E-state index >= 15 is 0 Å². The Bertz CT molecular complexity index is 2380. The molecule has 2 aliphatic rings. The molecule has 5 rings (SSSR count). The van der Waals surface area contributed by atoms with E-state index in [1.165, 1.54) is 31.9 Å². The van der Waals surface area contributed by atoms with E-state index in [1.54, 1.807) is 79.1 Å². The van der Waals surface area contributed by atoms with Crippen molar-refractivity contribution >= 4 is 11.8 Å². The van der Waals surface area contributed by atoms with Crippen molar-refractivity contribution in [3.8, 4) is 11.1 Å². The average molecular weight is 1090 g/mol. The summed E-state index contributed by atoms with van der Waals surface area (Å²) < 4.78 is 40.0. The summed E-state index contributed by atoms with van der Waals surface area (Å²) in [5.41, 5.74) is -1.83. The molecule has 0 bridgehead atoms. The predicted molar refractivity (Wildman–Crippen MR) is 287 cm³/mol. The Labute approximate surface area is 454 Å². The number of Topliss-reactive ketones (excluding diaryl/α,β-unsaturated/α-hetero) is 1. The molecule has 1 aromatic carbocycles. The topological polar surface area (TPSA) is 278 Å². The molecule has 2 aliphatic heterocycles. The molecule has 434 valence electrons. The highest BCUT2D eigenvalue weighted by atomic mass is 16.7. The number of ketones is 1. The largest absolute Gasteiger partial charge is 0.459 e. The number of pyridine rings is 1. The summed E-state index contributed by atoms with van der Waals surface area (Å²) in [6.45, 7) is 21.0. The van der Waals surface area contributed by atoms with E-state index in [-0.39, 0.29) is 36.5 Å². The number of aromatic amines is 1. The first-order chi connectivity index (χ1) is 36.1. The highest BCUT2D eigenvalue weighted by Crippen LogP contribution is 2.41. The zero-order valence-electron chi connectivity index (χ0n) is 48.0. The molecule has 19 atom stereocenters. The number of hydrogen-bond acceptors (Lipinski definition) is 18. The zero-order chi connectivity index (χ0) is 57.5. The summed E-state index contributed by atoms with van der Waals surface area (Å²) in [6, 6.07) is 9.00. The van der Waals surface area contributed by atoms with Gasteiger partial charge >= 0.3 is 5.97 Å². The number of aliphatic hydroxyl groups is 6. The Hall–Kier alpha value is -4.03. The van der Waals surface area contributed by atoms with Gasteiger partial charge in [-0.05, 0) is 96.5 Å². The molecule has 77 heavy (non-hydrogen) atoms. The fraction of sp³-hybridized carbons (Fsp3) is 0.737. The van der Waals surface area contributed by atoms with Crippen LogP contribution in [0.2, 0.25) is 0 Å². The molecule has 0 saturated carbocycles. The monoisotopic (exact) mass is 1090 g/mol. The number of nitrogens with zero attached hydrogens (tertiary/aromatic N) is 4. The smallest absolute Gasteiger partial charge is 0.311 e. The Morgan fingerprint density at radius 3 is 2.10 bits per heavy atom. The van der Waals surface area contributed by atoms with Crippen LogP contribution in [0.1, 0.15) is 132 Å². The number of benzene rings is 1. The van der Waals surface area contributed by atoms with Crippen molar-refractivity contribution in [1.82, 2.24) is 24.9 Å². The Balaban J connectivity index is 1.44. The van der Waals surface area contributed by atoms with Crippen LogP contribution in [-0.2, 0) is 44.4 Å². The molecular weight excluding hydrogens is 995 g/mol. The van der Waals surface area contributed by atoms with Crippen LogP contribution in [-0.4, -0.2) is 180 Å². The number of aromatic nitrogens is 4. The molecule has 0 unspecified atom stereocenters. The maximum atomic E-state index is 14.5. The second kappa shape index (κ2) is 27.0. The fourth-order valence-corrected chi connectivity index (χ4v) is 11.5. The molecule has 0 aliphatic carbocycles. The fourth-order valence-electron chi connectivity index (χ4n) is 11.5. The lowest BCUT2D eigenvalue weighted by Crippen LogP contribution is -2.60. The number of aliphatic hydroxyl groups excluding tert-OH is 5. The summed E-state index contributed by atoms with van der Waals surface area (Å²) in [6.07, 6.45) is -6.19. The van der Waals surface area contributed by atoms with Crippen LogP contribution in [0.5, 0.6) is 0 Å². The SMILES string of the molecule is CC[C@H]1OC(=O)[C@H](C)[C@@H](O[C@H]2C[C@@](C)(OC)[C@@H](O)[C@H](C)O2)[C@H](C)[C@@H](O[C@H](C)[C@H](O)[C@H](CC(C)C)N(C)CCc2cn([C@H](CO)[C@H](O)c3ccc(-c4ccc(=O)[nH]c4)cc3)nn2)[C@](C)(OC)C[C@@H](C)C(=O)[C@H](C)[C@@H](O)[C@]1(C)O. The lowest BCUT2D eigenvalue weighted by atomic mass is 9.73. The molecule has 2 fully saturated rings. The summed E-state index contributed by atoms with van der Waals surface area (Å²) in [4.78, 5) is 45.1. The van der Waals surface area contributed by atoms with Gasteiger partial charge < -0.3 is 68.9 Å². The third kappa shape index (κ3) is 14.9. The number of cyclic esters (lactones) is 1. The van der Waals surface area contributed by atoms with Gasteiger partial charge in [0.25, 0.3) is 0 Å². The minimum Gasteiger partial charge on any atom is -0.459 e. The second-order valence-electron chi connectivity index (χ2n) is 23.1. The molecule has 2 aromatic heterocycles. The summed E-state index contributed by atoms with van der Waals surface area (Å²) in [5, 5.41) is 77.7. The number of esters is 1. The third-order valence-corrected chi connectivity index (χ3v) is 16.8. The van der Waals surface area contributed by atoms with E-state index in [4.69, 9.17) is 28.4 Å². The lowest BCUT2D eigenvalue weighted by molar-refractivity contribution is -0.302. The standard InChI is InChI=1S/C57H91N5O15/c1-16-44-57(12,71)51(68)33(5)47(65)32(4)26-56(11,73-15)53(34(6)50(35(7)54(70)76-44)77-46-27-55(10,72-14)52(69)37(9)74-46)75-36(8)48(66)42(25-31(2)3)61(13)24-23-41-29-62(60-59-41)43(30-63)49(67)39-19-17-38(18-20-39)40-21-22-45(64)58-28-40/h17-22,28-29,31-37,42-44,46,48-53,63,66-69,71H,16,23-27,30H2,1-15H3,(H,58,64)/t32-,33+,34+,35-,36-,37+,42+,43-,44-,46+,48+,49-,50+,51-,52+,53-,55-,56-,57-/m1/s1. The van der Waals surface area contributed by atoms with Crippen molar-refractivity contribution in [3.63, 3.8) is 0 Å². The second-order valence-corrected chi connectivity index (χ2v) is 23.1. The van der Waals surface area contributed by atoms with Crippen molar-refractivity contribution in [3.05, 3.63) is 70.4 Å². The minimum atomic E-state index is -2.01. The van der Waals surface area contributed by atoms with Crippen molar-refractivity contribution in [2.75, 3.05) is 34.4 Å². The molecule has 0 radical (unpaired) electrons. The van der Waals surface area contributed by atoms with Crippen LogP contribution < -0.4 is 5.56 Å². The van der Waals surface area contributed by atoms with Crippen LogP contribution in [0, 0.1) is 29.6 Å². The van der Waals surface area contributed by atoms with Crippen LogP contribution >= 0.6 is 0 Å². The highest BCUT2D eigenvalue weighted by Gasteiger charge is 2.53. The Morgan fingerprint density at radius 1 is 0.896 bits per heavy atom. The number of likely N-dealkylation sites (N-methyl/N-ethyl adjacent to an activating group) is 1. The average Bonchev–Trinajstić information content (AvgIpc) is 3.88. The number of rotatable bonds is 20. The van der Waals surface area contributed by atoms with Crippen molar-refractivity contribution in [2.45, 2.75) is 205 Å². The van der Waals surface area contributed by atoms with Crippen LogP contribution in [0.4, 0.5) is 0 Å². The van der Waals surface area contributed by atoms with Gasteiger partial charge in [-0.2, -0.15) is 0 Å². The van der Waals surface area contributed by atoms with Crippen molar-refractivity contribution in [2.24, 2.45) is 29.6 Å². The number of H-pyrrole nitrogens is 1. The normalized spacial score (nSPS) is 34.0. The molecule has 0 spiro atoms. The molecule has 2 saturated heterocycles. The van der Waals surface area contributed by atoms with Crippen LogP contribution in [0.3, 0.4) is 0 Å². The molecular formula is C57H91N5O15. The first-order valence-electron chi connectivity index (χ1n) is 27.3. The Morgan fingerprint density at radius 2 is 1.53 bits per heavy atom. The Kier molecular flexibility index (Phi) is 22.3. The van der Waals surface area contributed by atoms with E-state index in [2.05, 4.69) is 29.1 Å². The first kappa shape index (κ1) is 63.8. The number of carbonyl (C=O) groups is 2. The van der Waals surface area contributed by atoms with E-state index in [0.717, 1.165) is 11.1 Å². The maximum Gasteiger partial charge on any atom is 0.311 e. The predicted octanol–water partition coefficient (Wildman–Crippen LogP) is 4.57. The van der Waals surface area contributed by atoms with E-state index in [0.29, 0.717) is 30.6 Å². The number of methoxy groups -OCH3 is 2. The van der Waals surface area contributed by atoms with Gasteiger partial charge in [-0.3, -0.25) is 14.4 Å². The zero-order valence-corrected chi connectivity index (χ0v) is 48.0. The maximum absolute atomic E-state index is 14.5. The quantitative estimate of drug-likeness (QED) is 0.0764. The van der Waals surface area contributed by atoms with Gasteiger partial charge in [0, 0.05) is 75.9 Å². The van der Waals surface area contributed by atoms with Crippen molar-refractivity contribution < 1.29 is 68.6 Å². The summed E-state index contributed by atoms with van der Waals surface area (Å²) in [7, 11) is 4.91. The van der Waals surface area contributed by atoms with Gasteiger partial charge in [-0.25, -0.2) is 4.68 Å². The van der Waals surface area contributed by atoms with E-state index in [1.807, 2.05) is 37.9 Å². The molecule has 4 heterocycles. The van der Waals surface area contributed by atoms with Gasteiger partial charge in [0.15, 0.2) is 6.29 Å². The van der Waals surface area contributed by atoms with Gasteiger partial charge in [-0.1, -0.05) is 71.0 Å². The van der Waals surface area contributed by atoms with Gasteiger partial charge in [0.1, 0.15) is 35.7 Å². The number of hydrogen-bond donors (Lipinski definition) is 7. The summed E-state index contributed by atoms with van der Waals surface area (Å²) >= 11 is 0. The number of carbonyl (C=O) groups excluding carboxylic acids is 2. The first-order valence-corrected chi connectivity index (χ1v) is 27.3. The molecule has 7 N–H and O–H groups in total. The van der Waals surface area contributed by atoms with Crippen LogP contribution in [0.25, 0.3) is 11.1 Å². The highest BCUT2D eigenvalue weighted by molar-refractivity contribution is 5.83. The molecule has 0 amide bonds. The molecule has 20 nitrogen and oxygen atoms in total. The molecule has 3 aromatic rings.